The lowest BCUT2D eigenvalue weighted by Gasteiger charge is -2.14. The van der Waals surface area contributed by atoms with Gasteiger partial charge in [0.2, 0.25) is 0 Å². The molecule has 0 bridgehead atoms. The van der Waals surface area contributed by atoms with Gasteiger partial charge in [-0.3, -0.25) is 14.5 Å². The Morgan fingerprint density at radius 2 is 1.16 bits per heavy atom. The molecular weight excluding hydrogens is 1030 g/mol. The summed E-state index contributed by atoms with van der Waals surface area (Å²) in [5.74, 6) is 0. The molecule has 1 aliphatic heterocycles. The highest BCUT2D eigenvalue weighted by Crippen LogP contribution is 2.49. The van der Waals surface area contributed by atoms with Gasteiger partial charge in [-0.05, 0) is 132 Å². The third kappa shape index (κ3) is 8.01. The molecule has 0 fully saturated rings. The molecule has 0 saturated carbocycles. The minimum Gasteiger partial charge on any atom is -0.456 e. The van der Waals surface area contributed by atoms with Gasteiger partial charge in [-0.15, -0.1) is 11.3 Å². The Hall–Kier alpha value is -10.5. The van der Waals surface area contributed by atoms with Crippen molar-refractivity contribution < 1.29 is 8.83 Å². The Bertz CT molecular complexity index is 5260. The number of aliphatic imine (C=N–C) groups is 1. The van der Waals surface area contributed by atoms with Crippen molar-refractivity contribution in [3.05, 3.63) is 254 Å². The minimum atomic E-state index is 0.829. The molecule has 0 amide bonds. The fourth-order valence-electron chi connectivity index (χ4n) is 12.7. The lowest BCUT2D eigenvalue weighted by atomic mass is 9.91. The fourth-order valence-corrected chi connectivity index (χ4v) is 14.0. The minimum absolute atomic E-state index is 0.829. The molecule has 0 atom stereocenters. The maximum absolute atomic E-state index is 7.93. The van der Waals surface area contributed by atoms with E-state index in [1.165, 1.54) is 26.4 Å². The standard InChI is InChI=1S/C75H49N5O2S/c1-45-52(27-15-35-76)66-43-50(54-19-3-5-21-56(54)68-29-9-11-37-78-68)44-79-75(66)80(45)51-17-12-16-46(38-51)47-31-33-70-63(39-47)64-40-48(32-34-71(64)81-70)62-41-49(53-18-2-4-20-55(53)67-28-8-10-36-77-67)42-65-61-26-14-25-60(73(61)83-74(62)65)59-24-13-23-58-57-22-6-7-30-69(57)82-72(58)59/h2-8,10-28,30-44,76H,9,29H2,1H3/b27-15-,76-35?. The monoisotopic (exact) mass is 1080 g/mol. The number of benzene rings is 9. The molecule has 8 heteroatoms. The first-order valence-electron chi connectivity index (χ1n) is 28.0. The van der Waals surface area contributed by atoms with Gasteiger partial charge in [0.15, 0.2) is 0 Å². The molecule has 7 nitrogen and oxygen atoms in total. The van der Waals surface area contributed by atoms with Crippen LogP contribution >= 0.6 is 11.3 Å². The average Bonchev–Trinajstić information content (AvgIpc) is 3.22. The van der Waals surface area contributed by atoms with Crippen LogP contribution in [0.25, 0.3) is 154 Å². The van der Waals surface area contributed by atoms with Crippen LogP contribution in [0.15, 0.2) is 251 Å². The van der Waals surface area contributed by atoms with Crippen LogP contribution in [-0.4, -0.2) is 26.5 Å². The van der Waals surface area contributed by atoms with E-state index in [9.17, 15) is 0 Å². The Balaban J connectivity index is 0.837. The maximum atomic E-state index is 7.93. The topological polar surface area (TPSA) is 93.2 Å². The number of pyridine rings is 2. The molecule has 16 rings (SSSR count). The van der Waals surface area contributed by atoms with Crippen LogP contribution < -0.4 is 0 Å². The number of para-hydroxylation sites is 2. The van der Waals surface area contributed by atoms with Crippen LogP contribution in [0.5, 0.6) is 0 Å². The van der Waals surface area contributed by atoms with Gasteiger partial charge < -0.3 is 14.2 Å². The molecule has 0 spiro atoms. The molecule has 9 aromatic carbocycles. The molecule has 0 saturated heterocycles. The largest absolute Gasteiger partial charge is 0.456 e. The van der Waals surface area contributed by atoms with E-state index in [0.717, 1.165) is 163 Å². The molecule has 83 heavy (non-hydrogen) atoms. The summed E-state index contributed by atoms with van der Waals surface area (Å²) in [4.78, 5) is 14.8. The molecule has 1 aliphatic rings. The summed E-state index contributed by atoms with van der Waals surface area (Å²) < 4.78 is 18.0. The number of fused-ring (bicyclic) bond motifs is 10. The molecule has 15 aromatic rings. The molecule has 1 N–H and O–H groups in total. The Kier molecular flexibility index (Phi) is 11.4. The molecule has 0 unspecified atom stereocenters. The zero-order chi connectivity index (χ0) is 55.1. The highest BCUT2D eigenvalue weighted by atomic mass is 32.1. The first-order chi connectivity index (χ1) is 41.0. The summed E-state index contributed by atoms with van der Waals surface area (Å²) in [5, 5.41) is 15.7. The SMILES string of the molecule is Cc1c(/C=C\C=N)c2cc(-c3ccccc3C3=NC=CCC3)cnc2n1-c1cccc(-c2ccc3oc4ccc(-c5cc(-c6ccccc6-c6ccccn6)cc6c5sc5c(-c7cccc8c7oc7ccccc78)cccc56)cc4c3c2)c1. The predicted molar refractivity (Wildman–Crippen MR) is 346 cm³/mol. The van der Waals surface area contributed by atoms with Crippen molar-refractivity contribution in [1.82, 2.24) is 14.5 Å². The van der Waals surface area contributed by atoms with Gasteiger partial charge in [-0.25, -0.2) is 4.98 Å². The first kappa shape index (κ1) is 48.4. The van der Waals surface area contributed by atoms with E-state index in [1.54, 1.807) is 6.08 Å². The zero-order valence-corrected chi connectivity index (χ0v) is 45.9. The fraction of sp³-hybridized carbons (Fsp3) is 0.0400. The molecular formula is C75H49N5O2S. The van der Waals surface area contributed by atoms with Gasteiger partial charge in [0.05, 0.1) is 5.69 Å². The van der Waals surface area contributed by atoms with E-state index in [0.29, 0.717) is 0 Å². The van der Waals surface area contributed by atoms with Crippen molar-refractivity contribution in [1.29, 1.82) is 5.41 Å². The Morgan fingerprint density at radius 3 is 1.98 bits per heavy atom. The number of thiophene rings is 1. The van der Waals surface area contributed by atoms with Gasteiger partial charge in [-0.2, -0.15) is 0 Å². The summed E-state index contributed by atoms with van der Waals surface area (Å²) in [5.41, 5.74) is 22.6. The van der Waals surface area contributed by atoms with Crippen LogP contribution in [0.2, 0.25) is 0 Å². The molecule has 7 heterocycles. The number of hydrogen-bond acceptors (Lipinski definition) is 7. The van der Waals surface area contributed by atoms with Gasteiger partial charge in [0.25, 0.3) is 0 Å². The quantitative estimate of drug-likeness (QED) is 0.138. The van der Waals surface area contributed by atoms with Crippen molar-refractivity contribution in [3.63, 3.8) is 0 Å². The van der Waals surface area contributed by atoms with Gasteiger partial charge in [0.1, 0.15) is 28.0 Å². The average molecular weight is 1080 g/mol. The second kappa shape index (κ2) is 19.6. The predicted octanol–water partition coefficient (Wildman–Crippen LogP) is 20.7. The first-order valence-corrected chi connectivity index (χ1v) is 28.8. The van der Waals surface area contributed by atoms with E-state index in [1.807, 2.05) is 48.1 Å². The summed E-state index contributed by atoms with van der Waals surface area (Å²) >= 11 is 1.84. The van der Waals surface area contributed by atoms with Crippen molar-refractivity contribution in [2.75, 3.05) is 0 Å². The highest BCUT2D eigenvalue weighted by Gasteiger charge is 2.23. The van der Waals surface area contributed by atoms with Crippen LogP contribution in [0, 0.1) is 12.3 Å². The van der Waals surface area contributed by atoms with Crippen LogP contribution in [0.4, 0.5) is 0 Å². The summed E-state index contributed by atoms with van der Waals surface area (Å²) in [7, 11) is 0. The van der Waals surface area contributed by atoms with Crippen LogP contribution in [0.3, 0.4) is 0 Å². The lowest BCUT2D eigenvalue weighted by Crippen LogP contribution is -2.04. The van der Waals surface area contributed by atoms with E-state index in [-0.39, 0.29) is 0 Å². The zero-order valence-electron chi connectivity index (χ0n) is 45.1. The van der Waals surface area contributed by atoms with E-state index in [4.69, 9.17) is 29.2 Å². The van der Waals surface area contributed by atoms with Crippen molar-refractivity contribution in [3.8, 4) is 72.6 Å². The summed E-state index contributed by atoms with van der Waals surface area (Å²) in [6, 6.07) is 73.6. The number of rotatable bonds is 10. The van der Waals surface area contributed by atoms with E-state index in [2.05, 4.69) is 212 Å². The number of aromatic nitrogens is 3. The second-order valence-corrected chi connectivity index (χ2v) is 22.3. The number of hydrogen-bond donors (Lipinski definition) is 1. The molecule has 0 radical (unpaired) electrons. The normalized spacial score (nSPS) is 12.8. The molecule has 0 aliphatic carbocycles. The molecule has 392 valence electrons. The van der Waals surface area contributed by atoms with Crippen LogP contribution in [0.1, 0.15) is 29.7 Å². The number of nitrogens with one attached hydrogen (secondary N) is 1. The highest BCUT2D eigenvalue weighted by molar-refractivity contribution is 7.27. The summed E-state index contributed by atoms with van der Waals surface area (Å²) in [6.45, 7) is 2.14. The lowest BCUT2D eigenvalue weighted by molar-refractivity contribution is 0.669. The smallest absolute Gasteiger partial charge is 0.145 e. The van der Waals surface area contributed by atoms with Gasteiger partial charge >= 0.3 is 0 Å². The molecule has 6 aromatic heterocycles. The Morgan fingerprint density at radius 1 is 0.494 bits per heavy atom. The third-order valence-electron chi connectivity index (χ3n) is 16.6. The maximum Gasteiger partial charge on any atom is 0.145 e. The van der Waals surface area contributed by atoms with Crippen LogP contribution in [-0.2, 0) is 0 Å². The van der Waals surface area contributed by atoms with Crippen molar-refractivity contribution in [2.24, 2.45) is 4.99 Å². The van der Waals surface area contributed by atoms with E-state index < -0.39 is 0 Å². The second-order valence-electron chi connectivity index (χ2n) is 21.3. The summed E-state index contributed by atoms with van der Waals surface area (Å²) in [6.07, 6.45) is 14.9. The number of nitrogens with zero attached hydrogens (tertiary/aromatic N) is 4. The Labute approximate surface area is 481 Å². The van der Waals surface area contributed by atoms with Gasteiger partial charge in [0, 0.05) is 128 Å². The van der Waals surface area contributed by atoms with Gasteiger partial charge in [-0.1, -0.05) is 146 Å². The van der Waals surface area contributed by atoms with Crippen molar-refractivity contribution in [2.45, 2.75) is 19.8 Å². The number of allylic oxidation sites excluding steroid dienone is 2. The van der Waals surface area contributed by atoms with Crippen molar-refractivity contribution >= 4 is 104 Å². The van der Waals surface area contributed by atoms with E-state index >= 15 is 0 Å². The third-order valence-corrected chi connectivity index (χ3v) is 17.9. The number of furan rings is 2.